The molecule has 0 spiro atoms. The minimum Gasteiger partial charge on any atom is -0.492 e. The number of amides is 2. The van der Waals surface area contributed by atoms with E-state index in [1.807, 2.05) is 19.9 Å². The zero-order chi connectivity index (χ0) is 21.7. The van der Waals surface area contributed by atoms with Crippen molar-refractivity contribution in [1.29, 1.82) is 0 Å². The van der Waals surface area contributed by atoms with Crippen LogP contribution < -0.4 is 10.1 Å². The third-order valence-electron chi connectivity index (χ3n) is 5.04. The van der Waals surface area contributed by atoms with Crippen LogP contribution in [0.1, 0.15) is 47.4 Å². The highest BCUT2D eigenvalue weighted by atomic mass is 19.1. The molecule has 5 nitrogen and oxygen atoms in total. The van der Waals surface area contributed by atoms with Crippen LogP contribution in [-0.4, -0.2) is 42.5 Å². The van der Waals surface area contributed by atoms with Crippen molar-refractivity contribution in [2.45, 2.75) is 32.7 Å². The van der Waals surface area contributed by atoms with Crippen LogP contribution in [0.4, 0.5) is 8.78 Å². The number of ether oxygens (including phenoxy) is 1. The molecule has 2 aromatic rings. The summed E-state index contributed by atoms with van der Waals surface area (Å²) in [6.07, 6.45) is 1.42. The smallest absolute Gasteiger partial charge is 0.255 e. The summed E-state index contributed by atoms with van der Waals surface area (Å²) in [6.45, 7) is 5.20. The van der Waals surface area contributed by atoms with Crippen molar-refractivity contribution < 1.29 is 23.1 Å². The maximum Gasteiger partial charge on any atom is 0.255 e. The van der Waals surface area contributed by atoms with Gasteiger partial charge in [-0.15, -0.1) is 0 Å². The van der Waals surface area contributed by atoms with E-state index in [2.05, 4.69) is 5.32 Å². The molecular formula is C23H26F2N2O3. The molecule has 1 saturated heterocycles. The van der Waals surface area contributed by atoms with Gasteiger partial charge < -0.3 is 15.0 Å². The molecular weight excluding hydrogens is 390 g/mol. The second-order valence-electron chi connectivity index (χ2n) is 7.83. The van der Waals surface area contributed by atoms with Gasteiger partial charge in [-0.1, -0.05) is 12.1 Å². The van der Waals surface area contributed by atoms with Crippen LogP contribution in [0.3, 0.4) is 0 Å². The predicted octanol–water partition coefficient (Wildman–Crippen LogP) is 4.03. The second-order valence-corrected chi connectivity index (χ2v) is 7.83. The van der Waals surface area contributed by atoms with E-state index in [1.54, 1.807) is 23.1 Å². The van der Waals surface area contributed by atoms with Crippen molar-refractivity contribution in [1.82, 2.24) is 10.2 Å². The molecule has 2 aromatic carbocycles. The third kappa shape index (κ3) is 5.55. The summed E-state index contributed by atoms with van der Waals surface area (Å²) in [6, 6.07) is 10.00. The molecule has 1 fully saturated rings. The predicted molar refractivity (Wildman–Crippen MR) is 110 cm³/mol. The Morgan fingerprint density at radius 3 is 2.37 bits per heavy atom. The number of hydrogen-bond acceptors (Lipinski definition) is 3. The number of hydrogen-bond donors (Lipinski definition) is 1. The van der Waals surface area contributed by atoms with Gasteiger partial charge in [0.25, 0.3) is 11.8 Å². The lowest BCUT2D eigenvalue weighted by atomic mass is 9.97. The van der Waals surface area contributed by atoms with E-state index in [4.69, 9.17) is 4.74 Å². The quantitative estimate of drug-likeness (QED) is 0.773. The van der Waals surface area contributed by atoms with E-state index >= 15 is 0 Å². The lowest BCUT2D eigenvalue weighted by Gasteiger charge is -2.32. The summed E-state index contributed by atoms with van der Waals surface area (Å²) < 4.78 is 32.7. The van der Waals surface area contributed by atoms with Gasteiger partial charge in [-0.2, -0.15) is 0 Å². The highest BCUT2D eigenvalue weighted by Gasteiger charge is 2.25. The van der Waals surface area contributed by atoms with Crippen LogP contribution in [-0.2, 0) is 0 Å². The highest BCUT2D eigenvalue weighted by molar-refractivity contribution is 5.97. The van der Waals surface area contributed by atoms with Gasteiger partial charge in [0.2, 0.25) is 0 Å². The number of likely N-dealkylation sites (tertiary alicyclic amines) is 1. The summed E-state index contributed by atoms with van der Waals surface area (Å²) >= 11 is 0. The number of carbonyl (C=O) groups is 2. The normalized spacial score (nSPS) is 14.6. The molecule has 0 saturated carbocycles. The molecule has 1 heterocycles. The first kappa shape index (κ1) is 21.7. The Morgan fingerprint density at radius 1 is 1.10 bits per heavy atom. The number of rotatable bonds is 6. The number of halogens is 2. The van der Waals surface area contributed by atoms with Crippen molar-refractivity contribution >= 4 is 11.8 Å². The van der Waals surface area contributed by atoms with Gasteiger partial charge in [-0.3, -0.25) is 9.59 Å². The van der Waals surface area contributed by atoms with Crippen molar-refractivity contribution in [3.05, 3.63) is 65.2 Å². The Morgan fingerprint density at radius 2 is 1.73 bits per heavy atom. The largest absolute Gasteiger partial charge is 0.492 e. The van der Waals surface area contributed by atoms with Crippen LogP contribution >= 0.6 is 0 Å². The van der Waals surface area contributed by atoms with E-state index in [9.17, 15) is 18.4 Å². The molecule has 0 bridgehead atoms. The number of piperidine rings is 1. The van der Waals surface area contributed by atoms with Crippen molar-refractivity contribution in [3.63, 3.8) is 0 Å². The highest BCUT2D eigenvalue weighted by Crippen LogP contribution is 2.23. The third-order valence-corrected chi connectivity index (χ3v) is 5.04. The number of benzene rings is 2. The first-order chi connectivity index (χ1) is 14.3. The van der Waals surface area contributed by atoms with Crippen molar-refractivity contribution in [3.8, 4) is 5.75 Å². The van der Waals surface area contributed by atoms with Gasteiger partial charge in [-0.05, 0) is 56.9 Å². The molecule has 160 valence electrons. The molecule has 3 rings (SSSR count). The topological polar surface area (TPSA) is 58.6 Å². The van der Waals surface area contributed by atoms with Gasteiger partial charge >= 0.3 is 0 Å². The molecule has 1 aliphatic rings. The Bertz CT molecular complexity index is 889. The Balaban J connectivity index is 1.54. The standard InChI is InChI=1S/C23H26F2N2O3/c1-15(2)26-22(28)20-5-3-4-6-21(20)30-14-16-7-9-27(10-8-16)23(29)17-11-18(24)13-19(25)12-17/h3-6,11-13,15-16H,7-10,14H2,1-2H3,(H,26,28). The Hall–Kier alpha value is -2.96. The van der Waals surface area contributed by atoms with E-state index < -0.39 is 11.6 Å². The zero-order valence-electron chi connectivity index (χ0n) is 17.2. The number of carbonyl (C=O) groups excluding carboxylic acids is 2. The second kappa shape index (κ2) is 9.69. The molecule has 0 aliphatic carbocycles. The van der Waals surface area contributed by atoms with Gasteiger partial charge in [0.1, 0.15) is 17.4 Å². The van der Waals surface area contributed by atoms with Crippen LogP contribution in [0.25, 0.3) is 0 Å². The summed E-state index contributed by atoms with van der Waals surface area (Å²) in [4.78, 5) is 26.5. The Kier molecular flexibility index (Phi) is 7.03. The summed E-state index contributed by atoms with van der Waals surface area (Å²) in [5.74, 6) is -1.32. The van der Waals surface area contributed by atoms with Crippen LogP contribution in [0.5, 0.6) is 5.75 Å². The fourth-order valence-electron chi connectivity index (χ4n) is 3.49. The molecule has 30 heavy (non-hydrogen) atoms. The first-order valence-electron chi connectivity index (χ1n) is 10.1. The summed E-state index contributed by atoms with van der Waals surface area (Å²) in [5, 5.41) is 2.86. The SMILES string of the molecule is CC(C)NC(=O)c1ccccc1OCC1CCN(C(=O)c2cc(F)cc(F)c2)CC1. The fourth-order valence-corrected chi connectivity index (χ4v) is 3.49. The summed E-state index contributed by atoms with van der Waals surface area (Å²) in [7, 11) is 0. The van der Waals surface area contributed by atoms with Crippen LogP contribution in [0.2, 0.25) is 0 Å². The maximum absolute atomic E-state index is 13.4. The molecule has 1 aliphatic heterocycles. The minimum atomic E-state index is -0.762. The molecule has 0 unspecified atom stereocenters. The average molecular weight is 416 g/mol. The zero-order valence-corrected chi connectivity index (χ0v) is 17.2. The van der Waals surface area contributed by atoms with E-state index in [0.717, 1.165) is 18.2 Å². The molecule has 0 aromatic heterocycles. The lowest BCUT2D eigenvalue weighted by Crippen LogP contribution is -2.39. The Labute approximate surface area is 175 Å². The van der Waals surface area contributed by atoms with Crippen LogP contribution in [0, 0.1) is 17.6 Å². The fraction of sp³-hybridized carbons (Fsp3) is 0.391. The van der Waals surface area contributed by atoms with Crippen molar-refractivity contribution in [2.24, 2.45) is 5.92 Å². The van der Waals surface area contributed by atoms with Gasteiger partial charge in [0.05, 0.1) is 12.2 Å². The average Bonchev–Trinajstić information content (AvgIpc) is 2.71. The van der Waals surface area contributed by atoms with E-state index in [0.29, 0.717) is 43.9 Å². The number of nitrogens with one attached hydrogen (secondary N) is 1. The number of nitrogens with zero attached hydrogens (tertiary/aromatic N) is 1. The van der Waals surface area contributed by atoms with Crippen LogP contribution in [0.15, 0.2) is 42.5 Å². The lowest BCUT2D eigenvalue weighted by molar-refractivity contribution is 0.0658. The van der Waals surface area contributed by atoms with Gasteiger partial charge in [0.15, 0.2) is 0 Å². The van der Waals surface area contributed by atoms with Gasteiger partial charge in [0, 0.05) is 30.8 Å². The minimum absolute atomic E-state index is 0.0206. The molecule has 0 atom stereocenters. The van der Waals surface area contributed by atoms with Gasteiger partial charge in [-0.25, -0.2) is 8.78 Å². The first-order valence-corrected chi connectivity index (χ1v) is 10.1. The molecule has 2 amide bonds. The maximum atomic E-state index is 13.4. The number of para-hydroxylation sites is 1. The summed E-state index contributed by atoms with van der Waals surface area (Å²) in [5.41, 5.74) is 0.513. The van der Waals surface area contributed by atoms with Crippen molar-refractivity contribution in [2.75, 3.05) is 19.7 Å². The molecule has 1 N–H and O–H groups in total. The monoisotopic (exact) mass is 416 g/mol. The molecule has 7 heteroatoms. The van der Waals surface area contributed by atoms with E-state index in [-0.39, 0.29) is 29.3 Å². The van der Waals surface area contributed by atoms with E-state index in [1.165, 1.54) is 0 Å². The molecule has 0 radical (unpaired) electrons.